The molecule has 2 aromatic carbocycles. The lowest BCUT2D eigenvalue weighted by molar-refractivity contribution is 0.0689. The molecule has 0 spiro atoms. The number of nitrogen functional groups attached to an aromatic ring is 1. The van der Waals surface area contributed by atoms with Crippen molar-refractivity contribution in [3.8, 4) is 0 Å². The summed E-state index contributed by atoms with van der Waals surface area (Å²) in [4.78, 5) is 30.2. The van der Waals surface area contributed by atoms with Crippen LogP contribution in [0.2, 0.25) is 0 Å². The van der Waals surface area contributed by atoms with Gasteiger partial charge in [0, 0.05) is 38.9 Å². The molecule has 0 unspecified atom stereocenters. The molecule has 260 valence electrons. The highest BCUT2D eigenvalue weighted by atomic mass is 19.2. The summed E-state index contributed by atoms with van der Waals surface area (Å²) in [5, 5.41) is 18.6. The number of rotatable bonds is 7. The Morgan fingerprint density at radius 2 is 1.16 bits per heavy atom. The first kappa shape index (κ1) is 38.1. The van der Waals surface area contributed by atoms with Crippen LogP contribution >= 0.6 is 0 Å². The highest BCUT2D eigenvalue weighted by Crippen LogP contribution is 2.15. The molecule has 0 fully saturated rings. The average Bonchev–Trinajstić information content (AvgIpc) is 3.72. The summed E-state index contributed by atoms with van der Waals surface area (Å²) < 4.78 is 54.7. The zero-order chi connectivity index (χ0) is 35.5. The zero-order valence-corrected chi connectivity index (χ0v) is 26.2. The number of benzene rings is 2. The van der Waals surface area contributed by atoms with Gasteiger partial charge in [-0.05, 0) is 83.6 Å². The number of halogens is 4. The van der Waals surface area contributed by atoms with Crippen LogP contribution < -0.4 is 11.1 Å². The fourth-order valence-electron chi connectivity index (χ4n) is 4.16. The molecule has 0 saturated carbocycles. The highest BCUT2D eigenvalue weighted by molar-refractivity contribution is 6.02. The number of carboxylic acids is 1. The topological polar surface area (TPSA) is 154 Å². The summed E-state index contributed by atoms with van der Waals surface area (Å²) in [7, 11) is 3.40. The molecule has 6 rings (SSSR count). The number of aromatic carboxylic acids is 1. The van der Waals surface area contributed by atoms with Crippen LogP contribution in [0.15, 0.2) is 97.6 Å². The molecule has 0 aliphatic heterocycles. The molecule has 0 saturated heterocycles. The van der Waals surface area contributed by atoms with E-state index in [9.17, 15) is 27.2 Å². The van der Waals surface area contributed by atoms with E-state index < -0.39 is 29.2 Å². The Bertz CT molecular complexity index is 2030. The molecule has 0 aliphatic rings. The van der Waals surface area contributed by atoms with Gasteiger partial charge in [0.2, 0.25) is 0 Å². The van der Waals surface area contributed by atoms with Crippen molar-refractivity contribution in [3.63, 3.8) is 0 Å². The third-order valence-electron chi connectivity index (χ3n) is 6.58. The van der Waals surface area contributed by atoms with E-state index in [0.717, 1.165) is 29.3 Å². The van der Waals surface area contributed by atoms with Crippen LogP contribution in [0.25, 0.3) is 0 Å². The minimum Gasteiger partial charge on any atom is -0.476 e. The number of hydrogen-bond donors (Lipinski definition) is 3. The van der Waals surface area contributed by atoms with Crippen molar-refractivity contribution in [2.75, 3.05) is 11.1 Å². The number of amides is 1. The fourth-order valence-corrected chi connectivity index (χ4v) is 4.16. The van der Waals surface area contributed by atoms with Crippen molar-refractivity contribution in [3.05, 3.63) is 154 Å². The Hall–Kier alpha value is -6.38. The molecule has 6 aromatic rings. The van der Waals surface area contributed by atoms with Crippen molar-refractivity contribution in [1.29, 1.82) is 0 Å². The monoisotopic (exact) mass is 690 g/mol. The first-order valence-corrected chi connectivity index (χ1v) is 14.4. The molecule has 50 heavy (non-hydrogen) atoms. The number of anilines is 2. The minimum absolute atomic E-state index is 0. The SMILES string of the molecule is C.Cn1ccc(C(=O)Nc2ccc(Cc3ccc(F)c(F)c3)cn2)n1.Cn1ccc(C(=O)O)n1.Nc1ccc(Cc2ccc(F)c(F)c2)cn1. The Morgan fingerprint density at radius 1 is 0.680 bits per heavy atom. The predicted octanol–water partition coefficient (Wildman–Crippen LogP) is 6.22. The zero-order valence-electron chi connectivity index (χ0n) is 26.2. The molecule has 0 radical (unpaired) electrons. The van der Waals surface area contributed by atoms with Crippen LogP contribution in [-0.2, 0) is 26.9 Å². The van der Waals surface area contributed by atoms with E-state index in [0.29, 0.717) is 41.3 Å². The maximum absolute atomic E-state index is 13.2. The van der Waals surface area contributed by atoms with Gasteiger partial charge in [0.15, 0.2) is 34.7 Å². The lowest BCUT2D eigenvalue weighted by atomic mass is 10.1. The summed E-state index contributed by atoms with van der Waals surface area (Å²) in [5.41, 5.74) is 8.88. The number of carboxylic acid groups (broad SMARTS) is 1. The van der Waals surface area contributed by atoms with Crippen LogP contribution in [0, 0.1) is 23.3 Å². The van der Waals surface area contributed by atoms with Gasteiger partial charge in [0.25, 0.3) is 5.91 Å². The number of aryl methyl sites for hydroxylation is 2. The van der Waals surface area contributed by atoms with Crippen molar-refractivity contribution in [2.24, 2.45) is 14.1 Å². The van der Waals surface area contributed by atoms with Gasteiger partial charge < -0.3 is 16.2 Å². The van der Waals surface area contributed by atoms with E-state index in [1.165, 1.54) is 27.6 Å². The van der Waals surface area contributed by atoms with Crippen molar-refractivity contribution in [1.82, 2.24) is 29.5 Å². The standard InChI is InChI=1S/C17H14F2N4O.C12H10F2N2.C5H6N2O2.CH4/c1-23-7-6-15(22-23)17(24)21-16-5-3-12(10-20-16)8-11-2-4-13(18)14(19)9-11;13-10-3-1-8(6-11(10)14)5-9-2-4-12(15)16-7-9;1-7-3-2-4(6-7)5(8)9;/h2-7,9-10H,8H2,1H3,(H,20,21,24);1-4,6-7H,5H2,(H2,15,16);2-3H,1H3,(H,8,9);1H4. The predicted molar refractivity (Wildman–Crippen MR) is 179 cm³/mol. The van der Waals surface area contributed by atoms with E-state index in [2.05, 4.69) is 25.5 Å². The van der Waals surface area contributed by atoms with Gasteiger partial charge in [-0.1, -0.05) is 31.7 Å². The maximum atomic E-state index is 13.2. The average molecular weight is 691 g/mol. The van der Waals surface area contributed by atoms with E-state index in [-0.39, 0.29) is 19.0 Å². The summed E-state index contributed by atoms with van der Waals surface area (Å²) in [6, 6.07) is 17.6. The van der Waals surface area contributed by atoms with E-state index in [1.807, 2.05) is 6.07 Å². The number of nitrogens with two attached hydrogens (primary N) is 1. The molecule has 4 aromatic heterocycles. The van der Waals surface area contributed by atoms with Crippen LogP contribution in [0.3, 0.4) is 0 Å². The normalized spacial score (nSPS) is 10.1. The van der Waals surface area contributed by atoms with Crippen molar-refractivity contribution < 1.29 is 32.3 Å². The first-order valence-electron chi connectivity index (χ1n) is 14.4. The smallest absolute Gasteiger partial charge is 0.356 e. The molecular weight excluding hydrogens is 656 g/mol. The second-order valence-corrected chi connectivity index (χ2v) is 10.5. The van der Waals surface area contributed by atoms with Crippen LogP contribution in [0.1, 0.15) is 50.7 Å². The van der Waals surface area contributed by atoms with E-state index >= 15 is 0 Å². The molecule has 11 nitrogen and oxygen atoms in total. The van der Waals surface area contributed by atoms with E-state index in [1.54, 1.807) is 69.2 Å². The Labute approximate surface area is 285 Å². The highest BCUT2D eigenvalue weighted by Gasteiger charge is 2.10. The van der Waals surface area contributed by atoms with Crippen molar-refractivity contribution in [2.45, 2.75) is 20.3 Å². The van der Waals surface area contributed by atoms with Crippen LogP contribution in [-0.4, -0.2) is 46.5 Å². The Kier molecular flexibility index (Phi) is 13.5. The number of hydrogen-bond acceptors (Lipinski definition) is 7. The van der Waals surface area contributed by atoms with Gasteiger partial charge >= 0.3 is 5.97 Å². The van der Waals surface area contributed by atoms with Gasteiger partial charge in [-0.25, -0.2) is 32.3 Å². The largest absolute Gasteiger partial charge is 0.476 e. The molecule has 1 amide bonds. The number of carbonyl (C=O) groups excluding carboxylic acids is 1. The first-order chi connectivity index (χ1) is 23.4. The third kappa shape index (κ3) is 11.4. The summed E-state index contributed by atoms with van der Waals surface area (Å²) in [6.45, 7) is 0. The molecule has 4 N–H and O–H groups in total. The molecular formula is C35H34F4N8O3. The quantitative estimate of drug-likeness (QED) is 0.167. The second kappa shape index (κ2) is 17.7. The molecule has 0 aliphatic carbocycles. The molecule has 0 atom stereocenters. The third-order valence-corrected chi connectivity index (χ3v) is 6.58. The number of nitrogens with zero attached hydrogens (tertiary/aromatic N) is 6. The fraction of sp³-hybridized carbons (Fsp3) is 0.143. The summed E-state index contributed by atoms with van der Waals surface area (Å²) in [6.07, 6.45) is 7.38. The van der Waals surface area contributed by atoms with Gasteiger partial charge in [-0.15, -0.1) is 0 Å². The number of nitrogens with one attached hydrogen (secondary N) is 1. The molecule has 15 heteroatoms. The lowest BCUT2D eigenvalue weighted by Gasteiger charge is -2.05. The van der Waals surface area contributed by atoms with Crippen LogP contribution in [0.4, 0.5) is 29.2 Å². The minimum atomic E-state index is -0.990. The summed E-state index contributed by atoms with van der Waals surface area (Å²) >= 11 is 0. The van der Waals surface area contributed by atoms with Gasteiger partial charge in [0.05, 0.1) is 0 Å². The van der Waals surface area contributed by atoms with Gasteiger partial charge in [-0.3, -0.25) is 14.2 Å². The molecule has 4 heterocycles. The van der Waals surface area contributed by atoms with Gasteiger partial charge in [0.1, 0.15) is 11.6 Å². The molecule has 0 bridgehead atoms. The lowest BCUT2D eigenvalue weighted by Crippen LogP contribution is -2.14. The van der Waals surface area contributed by atoms with Crippen LogP contribution in [0.5, 0.6) is 0 Å². The second-order valence-electron chi connectivity index (χ2n) is 10.5. The van der Waals surface area contributed by atoms with Gasteiger partial charge in [-0.2, -0.15) is 10.2 Å². The maximum Gasteiger partial charge on any atom is 0.356 e. The Balaban J connectivity index is 0.000000224. The summed E-state index contributed by atoms with van der Waals surface area (Å²) in [5.74, 6) is -3.93. The number of carbonyl (C=O) groups is 2. The van der Waals surface area contributed by atoms with E-state index in [4.69, 9.17) is 10.8 Å². The number of aromatic nitrogens is 6. The Morgan fingerprint density at radius 3 is 1.54 bits per heavy atom. The van der Waals surface area contributed by atoms with Crippen molar-refractivity contribution >= 4 is 23.5 Å². The number of pyridine rings is 2.